The summed E-state index contributed by atoms with van der Waals surface area (Å²) in [5.41, 5.74) is 6.38. The van der Waals surface area contributed by atoms with Gasteiger partial charge >= 0.3 is 0 Å². The lowest BCUT2D eigenvalue weighted by atomic mass is 10.2. The molecule has 6 heteroatoms. The van der Waals surface area contributed by atoms with Crippen LogP contribution in [-0.4, -0.2) is 31.9 Å². The predicted octanol–water partition coefficient (Wildman–Crippen LogP) is 0.0843. The minimum Gasteiger partial charge on any atom is -0.325 e. The van der Waals surface area contributed by atoms with Crippen molar-refractivity contribution in [2.45, 2.75) is 17.4 Å². The maximum Gasteiger partial charge on any atom is 0.243 e. The third-order valence-electron chi connectivity index (χ3n) is 2.72. The van der Waals surface area contributed by atoms with E-state index in [1.807, 2.05) is 6.07 Å². The summed E-state index contributed by atoms with van der Waals surface area (Å²) in [5, 5.41) is 8.52. The van der Waals surface area contributed by atoms with Crippen molar-refractivity contribution in [1.29, 1.82) is 5.26 Å². The number of hydrogen-bond donors (Lipinski definition) is 1. The Kier molecular flexibility index (Phi) is 3.15. The van der Waals surface area contributed by atoms with Crippen LogP contribution in [0.5, 0.6) is 0 Å². The molecule has 0 unspecified atom stereocenters. The molecule has 0 aromatic heterocycles. The van der Waals surface area contributed by atoms with Gasteiger partial charge in [0.2, 0.25) is 10.0 Å². The average molecular weight is 251 g/mol. The summed E-state index contributed by atoms with van der Waals surface area (Å²) in [5.74, 6) is 0. The van der Waals surface area contributed by atoms with Gasteiger partial charge in [0, 0.05) is 19.1 Å². The van der Waals surface area contributed by atoms with Gasteiger partial charge in [0.15, 0.2) is 0 Å². The molecule has 1 heterocycles. The van der Waals surface area contributed by atoms with Crippen LogP contribution in [0.2, 0.25) is 0 Å². The molecule has 90 valence electrons. The lowest BCUT2D eigenvalue weighted by Gasteiger charge is -2.35. The van der Waals surface area contributed by atoms with E-state index in [-0.39, 0.29) is 17.4 Å². The maximum atomic E-state index is 12.0. The molecule has 1 aromatic carbocycles. The van der Waals surface area contributed by atoms with Crippen molar-refractivity contribution >= 4 is 10.0 Å². The molecule has 17 heavy (non-hydrogen) atoms. The standard InChI is InChI=1S/C11H13N3O2S/c12-6-5-9-1-3-11(4-2-9)17(15,16)14-7-10(13)8-14/h1-4,10H,5,7-8,13H2. The summed E-state index contributed by atoms with van der Waals surface area (Å²) in [6, 6.07) is 8.36. The van der Waals surface area contributed by atoms with E-state index in [0.29, 0.717) is 13.1 Å². The molecule has 0 bridgehead atoms. The Balaban J connectivity index is 2.20. The van der Waals surface area contributed by atoms with Crippen molar-refractivity contribution in [1.82, 2.24) is 4.31 Å². The topological polar surface area (TPSA) is 87.2 Å². The molecule has 0 radical (unpaired) electrons. The number of nitrogens with zero attached hydrogens (tertiary/aromatic N) is 2. The molecule has 1 aromatic rings. The molecule has 1 aliphatic heterocycles. The number of benzene rings is 1. The smallest absolute Gasteiger partial charge is 0.243 e. The molecule has 0 atom stereocenters. The maximum absolute atomic E-state index is 12.0. The summed E-state index contributed by atoms with van der Waals surface area (Å²) in [6.45, 7) is 0.755. The van der Waals surface area contributed by atoms with Gasteiger partial charge < -0.3 is 5.73 Å². The first-order valence-electron chi connectivity index (χ1n) is 5.25. The summed E-state index contributed by atoms with van der Waals surface area (Å²) < 4.78 is 25.4. The van der Waals surface area contributed by atoms with Gasteiger partial charge in [-0.25, -0.2) is 8.42 Å². The van der Waals surface area contributed by atoms with Crippen LogP contribution in [0.3, 0.4) is 0 Å². The van der Waals surface area contributed by atoms with E-state index in [4.69, 9.17) is 11.0 Å². The predicted molar refractivity (Wildman–Crippen MR) is 62.5 cm³/mol. The fourth-order valence-electron chi connectivity index (χ4n) is 1.69. The number of nitriles is 1. The molecular weight excluding hydrogens is 238 g/mol. The van der Waals surface area contributed by atoms with Crippen molar-refractivity contribution in [3.8, 4) is 6.07 Å². The first-order valence-corrected chi connectivity index (χ1v) is 6.69. The Hall–Kier alpha value is -1.42. The van der Waals surface area contributed by atoms with Gasteiger partial charge in [-0.1, -0.05) is 12.1 Å². The van der Waals surface area contributed by atoms with Crippen molar-refractivity contribution in [3.63, 3.8) is 0 Å². The Morgan fingerprint density at radius 2 is 1.94 bits per heavy atom. The Bertz CT molecular complexity index is 539. The quantitative estimate of drug-likeness (QED) is 0.824. The highest BCUT2D eigenvalue weighted by Gasteiger charge is 2.34. The Labute approximate surface area is 101 Å². The third-order valence-corrected chi connectivity index (χ3v) is 4.57. The molecule has 0 aliphatic carbocycles. The number of nitrogens with two attached hydrogens (primary N) is 1. The number of hydrogen-bond acceptors (Lipinski definition) is 4. The lowest BCUT2D eigenvalue weighted by Crippen LogP contribution is -2.57. The fourth-order valence-corrected chi connectivity index (χ4v) is 3.24. The second-order valence-electron chi connectivity index (χ2n) is 4.06. The number of rotatable bonds is 3. The van der Waals surface area contributed by atoms with Gasteiger partial charge in [0.05, 0.1) is 17.4 Å². The van der Waals surface area contributed by atoms with Crippen molar-refractivity contribution in [2.75, 3.05) is 13.1 Å². The normalized spacial score (nSPS) is 17.4. The zero-order valence-electron chi connectivity index (χ0n) is 9.20. The second-order valence-corrected chi connectivity index (χ2v) is 6.00. The third kappa shape index (κ3) is 2.31. The second kappa shape index (κ2) is 4.45. The van der Waals surface area contributed by atoms with E-state index in [1.165, 1.54) is 16.4 Å². The van der Waals surface area contributed by atoms with E-state index < -0.39 is 10.0 Å². The molecule has 0 spiro atoms. The number of sulfonamides is 1. The van der Waals surface area contributed by atoms with Gasteiger partial charge in [-0.3, -0.25) is 0 Å². The summed E-state index contributed by atoms with van der Waals surface area (Å²) in [6.07, 6.45) is 0.287. The van der Waals surface area contributed by atoms with Crippen molar-refractivity contribution in [2.24, 2.45) is 5.73 Å². The molecular formula is C11H13N3O2S. The van der Waals surface area contributed by atoms with Crippen molar-refractivity contribution in [3.05, 3.63) is 29.8 Å². The lowest BCUT2D eigenvalue weighted by molar-refractivity contribution is 0.265. The van der Waals surface area contributed by atoms with E-state index in [0.717, 1.165) is 5.56 Å². The van der Waals surface area contributed by atoms with Crippen LogP contribution >= 0.6 is 0 Å². The highest BCUT2D eigenvalue weighted by molar-refractivity contribution is 7.89. The fraction of sp³-hybridized carbons (Fsp3) is 0.364. The first kappa shape index (κ1) is 12.0. The van der Waals surface area contributed by atoms with E-state index in [1.54, 1.807) is 12.1 Å². The van der Waals surface area contributed by atoms with Crippen LogP contribution in [-0.2, 0) is 16.4 Å². The van der Waals surface area contributed by atoms with Crippen LogP contribution < -0.4 is 5.73 Å². The van der Waals surface area contributed by atoms with Crippen LogP contribution in [0.25, 0.3) is 0 Å². The zero-order valence-corrected chi connectivity index (χ0v) is 10.0. The van der Waals surface area contributed by atoms with Crippen LogP contribution in [0.15, 0.2) is 29.2 Å². The van der Waals surface area contributed by atoms with Crippen molar-refractivity contribution < 1.29 is 8.42 Å². The molecule has 2 rings (SSSR count). The SMILES string of the molecule is N#CCc1ccc(S(=O)(=O)N2CC(N)C2)cc1. The minimum absolute atomic E-state index is 0.0531. The van der Waals surface area contributed by atoms with Gasteiger partial charge in [0.25, 0.3) is 0 Å². The highest BCUT2D eigenvalue weighted by atomic mass is 32.2. The Morgan fingerprint density at radius 1 is 1.35 bits per heavy atom. The molecule has 0 saturated carbocycles. The molecule has 2 N–H and O–H groups in total. The Morgan fingerprint density at radius 3 is 2.41 bits per heavy atom. The first-order chi connectivity index (χ1) is 8.04. The minimum atomic E-state index is -3.40. The zero-order chi connectivity index (χ0) is 12.5. The summed E-state index contributed by atoms with van der Waals surface area (Å²) >= 11 is 0. The van der Waals surface area contributed by atoms with Gasteiger partial charge in [-0.05, 0) is 17.7 Å². The molecule has 5 nitrogen and oxygen atoms in total. The van der Waals surface area contributed by atoms with E-state index in [2.05, 4.69) is 0 Å². The molecule has 1 aliphatic rings. The van der Waals surface area contributed by atoms with Gasteiger partial charge in [-0.15, -0.1) is 0 Å². The van der Waals surface area contributed by atoms with Crippen LogP contribution in [0, 0.1) is 11.3 Å². The molecule has 1 saturated heterocycles. The largest absolute Gasteiger partial charge is 0.325 e. The highest BCUT2D eigenvalue weighted by Crippen LogP contribution is 2.21. The van der Waals surface area contributed by atoms with E-state index >= 15 is 0 Å². The summed E-state index contributed by atoms with van der Waals surface area (Å²) in [4.78, 5) is 0.256. The van der Waals surface area contributed by atoms with Crippen LogP contribution in [0.4, 0.5) is 0 Å². The van der Waals surface area contributed by atoms with Gasteiger partial charge in [0.1, 0.15) is 0 Å². The average Bonchev–Trinajstić information content (AvgIpc) is 2.26. The summed E-state index contributed by atoms with van der Waals surface area (Å²) in [7, 11) is -3.40. The monoisotopic (exact) mass is 251 g/mol. The molecule has 1 fully saturated rings. The molecule has 0 amide bonds. The van der Waals surface area contributed by atoms with Gasteiger partial charge in [-0.2, -0.15) is 9.57 Å². The van der Waals surface area contributed by atoms with E-state index in [9.17, 15) is 8.42 Å². The van der Waals surface area contributed by atoms with Crippen LogP contribution in [0.1, 0.15) is 5.56 Å².